The highest BCUT2D eigenvalue weighted by atomic mass is 79.9. The van der Waals surface area contributed by atoms with Crippen molar-refractivity contribution >= 4 is 32.2 Å². The van der Waals surface area contributed by atoms with E-state index >= 15 is 0 Å². The van der Waals surface area contributed by atoms with Crippen LogP contribution in [0.1, 0.15) is 35.1 Å². The van der Waals surface area contributed by atoms with E-state index in [9.17, 15) is 4.79 Å². The van der Waals surface area contributed by atoms with E-state index in [1.165, 1.54) is 33.9 Å². The van der Waals surface area contributed by atoms with Gasteiger partial charge in [-0.1, -0.05) is 45.5 Å². The molecule has 3 heterocycles. The quantitative estimate of drug-likeness (QED) is 0.669. The van der Waals surface area contributed by atoms with Gasteiger partial charge in [-0.25, -0.2) is 4.98 Å². The molecule has 2 aromatic heterocycles. The summed E-state index contributed by atoms with van der Waals surface area (Å²) >= 11 is 5.17. The molecule has 0 bridgehead atoms. The predicted octanol–water partition coefficient (Wildman–Crippen LogP) is 3.56. The van der Waals surface area contributed by atoms with Crippen molar-refractivity contribution in [1.29, 1.82) is 0 Å². The largest absolute Gasteiger partial charge is 0.290 e. The maximum absolute atomic E-state index is 12.0. The molecule has 0 amide bonds. The van der Waals surface area contributed by atoms with Gasteiger partial charge < -0.3 is 0 Å². The number of benzene rings is 1. The fraction of sp³-hybridized carbons (Fsp3) is 0.353. The molecule has 0 aliphatic carbocycles. The highest BCUT2D eigenvalue weighted by molar-refractivity contribution is 9.10. The Hall–Kier alpha value is -1.57. The zero-order valence-corrected chi connectivity index (χ0v) is 15.7. The van der Waals surface area contributed by atoms with E-state index in [1.807, 2.05) is 13.0 Å². The first kappa shape index (κ1) is 15.9. The molecule has 7 heteroatoms. The van der Waals surface area contributed by atoms with E-state index in [0.29, 0.717) is 11.0 Å². The summed E-state index contributed by atoms with van der Waals surface area (Å²) in [6.45, 7) is 3.63. The minimum atomic E-state index is -0.108. The Morgan fingerprint density at radius 3 is 3.04 bits per heavy atom. The van der Waals surface area contributed by atoms with E-state index in [-0.39, 0.29) is 5.56 Å². The Morgan fingerprint density at radius 1 is 1.38 bits per heavy atom. The molecular weight excluding hydrogens is 388 g/mol. The molecular formula is C17H17BrN4OS. The number of hydrogen-bond donors (Lipinski definition) is 0. The van der Waals surface area contributed by atoms with Crippen LogP contribution in [0.5, 0.6) is 0 Å². The van der Waals surface area contributed by atoms with Gasteiger partial charge in [0, 0.05) is 22.3 Å². The van der Waals surface area contributed by atoms with Crippen LogP contribution in [-0.4, -0.2) is 26.0 Å². The van der Waals surface area contributed by atoms with Crippen LogP contribution in [0.2, 0.25) is 0 Å². The van der Waals surface area contributed by atoms with Crippen LogP contribution in [0.15, 0.2) is 39.6 Å². The van der Waals surface area contributed by atoms with Crippen molar-refractivity contribution in [2.75, 3.05) is 6.54 Å². The van der Waals surface area contributed by atoms with Crippen LogP contribution < -0.4 is 5.56 Å². The summed E-state index contributed by atoms with van der Waals surface area (Å²) in [6, 6.07) is 10.3. The third kappa shape index (κ3) is 2.92. The molecule has 24 heavy (non-hydrogen) atoms. The summed E-state index contributed by atoms with van der Waals surface area (Å²) in [7, 11) is 0. The zero-order valence-electron chi connectivity index (χ0n) is 13.3. The summed E-state index contributed by atoms with van der Waals surface area (Å²) in [6.07, 6.45) is 2.32. The molecule has 1 aliphatic heterocycles. The molecule has 1 fully saturated rings. The molecule has 124 valence electrons. The molecule has 0 N–H and O–H groups in total. The highest BCUT2D eigenvalue weighted by Gasteiger charge is 2.28. The highest BCUT2D eigenvalue weighted by Crippen LogP contribution is 2.36. The summed E-state index contributed by atoms with van der Waals surface area (Å²) in [4.78, 5) is 19.6. The van der Waals surface area contributed by atoms with Gasteiger partial charge in [0.05, 0.1) is 6.54 Å². The van der Waals surface area contributed by atoms with Crippen molar-refractivity contribution < 1.29 is 0 Å². The van der Waals surface area contributed by atoms with Crippen LogP contribution in [0, 0.1) is 6.92 Å². The van der Waals surface area contributed by atoms with Gasteiger partial charge in [-0.15, -0.1) is 0 Å². The average Bonchev–Trinajstić information content (AvgIpc) is 3.15. The van der Waals surface area contributed by atoms with Gasteiger partial charge in [-0.05, 0) is 37.9 Å². The number of aromatic nitrogens is 3. The second-order valence-electron chi connectivity index (χ2n) is 6.08. The maximum Gasteiger partial charge on any atom is 0.275 e. The fourth-order valence-electron chi connectivity index (χ4n) is 3.31. The van der Waals surface area contributed by atoms with E-state index < -0.39 is 0 Å². The topological polar surface area (TPSA) is 50.5 Å². The van der Waals surface area contributed by atoms with Gasteiger partial charge in [0.1, 0.15) is 5.01 Å². The first-order chi connectivity index (χ1) is 11.6. The summed E-state index contributed by atoms with van der Waals surface area (Å²) < 4.78 is 2.57. The van der Waals surface area contributed by atoms with Gasteiger partial charge in [-0.2, -0.15) is 9.61 Å². The Bertz CT molecular complexity index is 951. The fourth-order valence-corrected chi connectivity index (χ4v) is 4.83. The van der Waals surface area contributed by atoms with E-state index in [2.05, 4.69) is 49.1 Å². The monoisotopic (exact) mass is 404 g/mol. The first-order valence-corrected chi connectivity index (χ1v) is 9.57. The number of likely N-dealkylation sites (tertiary alicyclic amines) is 1. The number of nitrogens with zero attached hydrogens (tertiary/aromatic N) is 4. The lowest BCUT2D eigenvalue weighted by Gasteiger charge is -2.24. The molecule has 1 aromatic carbocycles. The second-order valence-corrected chi connectivity index (χ2v) is 7.97. The van der Waals surface area contributed by atoms with E-state index in [4.69, 9.17) is 0 Å². The molecule has 5 nitrogen and oxygen atoms in total. The van der Waals surface area contributed by atoms with E-state index in [1.54, 1.807) is 0 Å². The van der Waals surface area contributed by atoms with Crippen LogP contribution in [0.3, 0.4) is 0 Å². The molecule has 3 aromatic rings. The summed E-state index contributed by atoms with van der Waals surface area (Å²) in [5.41, 5.74) is 1.95. The smallest absolute Gasteiger partial charge is 0.275 e. The Kier molecular flexibility index (Phi) is 4.24. The number of halogens is 1. The van der Waals surface area contributed by atoms with Gasteiger partial charge >= 0.3 is 0 Å². The predicted molar refractivity (Wildman–Crippen MR) is 98.4 cm³/mol. The number of rotatable bonds is 3. The van der Waals surface area contributed by atoms with Crippen LogP contribution in [0.4, 0.5) is 0 Å². The molecule has 0 saturated carbocycles. The standard InChI is InChI=1S/C17H17BrN4OS/c1-11-9-16(23)22-17(19-11)24-15(20-22)10-21-8-4-7-14(21)12-5-2-3-6-13(12)18/h2-3,5-6,9,14H,4,7-8,10H2,1H3. The molecule has 1 unspecified atom stereocenters. The third-order valence-corrected chi connectivity index (χ3v) is 6.00. The lowest BCUT2D eigenvalue weighted by molar-refractivity contribution is 0.246. The summed E-state index contributed by atoms with van der Waals surface area (Å²) in [5.74, 6) is 0. The van der Waals surface area contributed by atoms with Gasteiger partial charge in [-0.3, -0.25) is 9.69 Å². The molecule has 1 saturated heterocycles. The van der Waals surface area contributed by atoms with Crippen molar-refractivity contribution in [3.8, 4) is 0 Å². The maximum atomic E-state index is 12.0. The lowest BCUT2D eigenvalue weighted by atomic mass is 10.0. The molecule has 0 radical (unpaired) electrons. The van der Waals surface area contributed by atoms with Crippen LogP contribution in [0.25, 0.3) is 4.96 Å². The molecule has 1 atom stereocenters. The van der Waals surface area contributed by atoms with Crippen molar-refractivity contribution in [1.82, 2.24) is 19.5 Å². The Labute approximate surface area is 152 Å². The number of hydrogen-bond acceptors (Lipinski definition) is 5. The van der Waals surface area contributed by atoms with Gasteiger partial charge in [0.15, 0.2) is 0 Å². The van der Waals surface area contributed by atoms with Gasteiger partial charge in [0.25, 0.3) is 5.56 Å². The van der Waals surface area contributed by atoms with Crippen LogP contribution in [-0.2, 0) is 6.54 Å². The number of fused-ring (bicyclic) bond motifs is 1. The van der Waals surface area contributed by atoms with Crippen molar-refractivity contribution in [2.24, 2.45) is 0 Å². The first-order valence-electron chi connectivity index (χ1n) is 7.97. The van der Waals surface area contributed by atoms with Crippen molar-refractivity contribution in [3.05, 3.63) is 61.4 Å². The van der Waals surface area contributed by atoms with Crippen LogP contribution >= 0.6 is 27.3 Å². The minimum Gasteiger partial charge on any atom is -0.290 e. The molecule has 1 aliphatic rings. The SMILES string of the molecule is Cc1cc(=O)n2nc(CN3CCCC3c3ccccc3Br)sc2n1. The zero-order chi connectivity index (χ0) is 16.7. The lowest BCUT2D eigenvalue weighted by Crippen LogP contribution is -2.23. The number of aryl methyl sites for hydroxylation is 1. The molecule has 0 spiro atoms. The minimum absolute atomic E-state index is 0.108. The van der Waals surface area contributed by atoms with Crippen molar-refractivity contribution in [3.63, 3.8) is 0 Å². The van der Waals surface area contributed by atoms with E-state index in [0.717, 1.165) is 34.7 Å². The third-order valence-electron chi connectivity index (χ3n) is 4.38. The normalized spacial score (nSPS) is 18.5. The average molecular weight is 405 g/mol. The van der Waals surface area contributed by atoms with Gasteiger partial charge in [0.2, 0.25) is 4.96 Å². The van der Waals surface area contributed by atoms with Crippen molar-refractivity contribution in [2.45, 2.75) is 32.4 Å². The second kappa shape index (κ2) is 6.38. The molecule has 4 rings (SSSR count). The Balaban J connectivity index is 1.64. The summed E-state index contributed by atoms with van der Waals surface area (Å²) in [5, 5.41) is 5.41. The Morgan fingerprint density at radius 2 is 2.21 bits per heavy atom.